The number of carbonyl (C=O) groups is 1. The van der Waals surface area contributed by atoms with E-state index in [1.165, 1.54) is 12.1 Å². The number of hydrogen-bond donors (Lipinski definition) is 1. The summed E-state index contributed by atoms with van der Waals surface area (Å²) in [5, 5.41) is 13.6. The molecule has 1 amide bonds. The van der Waals surface area contributed by atoms with Gasteiger partial charge in [0.2, 0.25) is 0 Å². The molecule has 0 fully saturated rings. The second-order valence-electron chi connectivity index (χ2n) is 6.46. The van der Waals surface area contributed by atoms with Crippen molar-refractivity contribution in [2.75, 3.05) is 5.32 Å². The molecule has 0 unspecified atom stereocenters. The smallest absolute Gasteiger partial charge is 0.269 e. The largest absolute Gasteiger partial charge is 0.488 e. The fourth-order valence-corrected chi connectivity index (χ4v) is 3.56. The van der Waals surface area contributed by atoms with E-state index >= 15 is 0 Å². The van der Waals surface area contributed by atoms with Gasteiger partial charge in [0.15, 0.2) is 0 Å². The van der Waals surface area contributed by atoms with E-state index in [1.54, 1.807) is 12.1 Å². The van der Waals surface area contributed by atoms with Crippen molar-refractivity contribution in [1.82, 2.24) is 0 Å². The number of fused-ring (bicyclic) bond motifs is 1. The molecule has 29 heavy (non-hydrogen) atoms. The summed E-state index contributed by atoms with van der Waals surface area (Å²) >= 11 is 3.50. The van der Waals surface area contributed by atoms with Gasteiger partial charge in [-0.2, -0.15) is 0 Å². The Labute approximate surface area is 175 Å². The van der Waals surface area contributed by atoms with Gasteiger partial charge in [0, 0.05) is 29.0 Å². The molecule has 1 aliphatic rings. The van der Waals surface area contributed by atoms with Crippen LogP contribution in [0.1, 0.15) is 16.7 Å². The van der Waals surface area contributed by atoms with Gasteiger partial charge in [-0.1, -0.05) is 24.3 Å². The Kier molecular flexibility index (Phi) is 5.14. The van der Waals surface area contributed by atoms with Crippen molar-refractivity contribution in [2.24, 2.45) is 0 Å². The Hall–Kier alpha value is -3.45. The van der Waals surface area contributed by atoms with Gasteiger partial charge in [-0.25, -0.2) is 0 Å². The fraction of sp³-hybridized carbons (Fsp3) is 0.0455. The van der Waals surface area contributed by atoms with Crippen molar-refractivity contribution in [2.45, 2.75) is 6.61 Å². The summed E-state index contributed by atoms with van der Waals surface area (Å²) in [4.78, 5) is 22.5. The highest BCUT2D eigenvalue weighted by Crippen LogP contribution is 2.34. The molecule has 1 N–H and O–H groups in total. The first-order valence-corrected chi connectivity index (χ1v) is 9.59. The number of ether oxygens (including phenoxy) is 1. The van der Waals surface area contributed by atoms with Crippen molar-refractivity contribution in [1.29, 1.82) is 0 Å². The van der Waals surface area contributed by atoms with Crippen molar-refractivity contribution >= 4 is 44.9 Å². The van der Waals surface area contributed by atoms with Crippen LogP contribution >= 0.6 is 15.9 Å². The number of anilines is 1. The summed E-state index contributed by atoms with van der Waals surface area (Å²) in [5.41, 5.74) is 4.05. The number of non-ortho nitro benzene ring substituents is 1. The second kappa shape index (κ2) is 7.89. The summed E-state index contributed by atoms with van der Waals surface area (Å²) in [6.07, 6.45) is 1.84. The zero-order valence-electron chi connectivity index (χ0n) is 15.1. The molecule has 3 aromatic carbocycles. The number of nitrogens with zero attached hydrogens (tertiary/aromatic N) is 1. The first-order valence-electron chi connectivity index (χ1n) is 8.79. The number of amides is 1. The summed E-state index contributed by atoms with van der Waals surface area (Å²) in [6.45, 7) is 0.285. The Morgan fingerprint density at radius 3 is 2.55 bits per heavy atom. The number of hydrogen-bond acceptors (Lipinski definition) is 4. The number of nitrogens with one attached hydrogen (secondary N) is 1. The molecule has 7 heteroatoms. The third-order valence-corrected chi connectivity index (χ3v) is 5.14. The molecule has 1 heterocycles. The molecule has 0 aliphatic carbocycles. The summed E-state index contributed by atoms with van der Waals surface area (Å²) in [5.74, 6) is 0.516. The van der Waals surface area contributed by atoms with E-state index in [9.17, 15) is 14.9 Å². The second-order valence-corrected chi connectivity index (χ2v) is 7.31. The lowest BCUT2D eigenvalue weighted by molar-refractivity contribution is -0.384. The van der Waals surface area contributed by atoms with E-state index in [1.807, 2.05) is 48.5 Å². The van der Waals surface area contributed by atoms with Crippen LogP contribution in [0.4, 0.5) is 11.4 Å². The number of nitro benzene ring substituents is 1. The average Bonchev–Trinajstić information content (AvgIpc) is 3.03. The van der Waals surface area contributed by atoms with Crippen molar-refractivity contribution in [3.8, 4) is 5.75 Å². The van der Waals surface area contributed by atoms with E-state index in [0.717, 1.165) is 26.9 Å². The van der Waals surface area contributed by atoms with Crippen LogP contribution in [0.25, 0.3) is 11.6 Å². The Morgan fingerprint density at radius 1 is 1.07 bits per heavy atom. The normalized spacial score (nSPS) is 13.8. The Balaban J connectivity index is 1.50. The molecule has 3 aromatic rings. The molecule has 1 aliphatic heterocycles. The predicted molar refractivity (Wildman–Crippen MR) is 115 cm³/mol. The predicted octanol–water partition coefficient (Wildman–Crippen LogP) is 5.43. The van der Waals surface area contributed by atoms with E-state index < -0.39 is 4.92 Å². The molecule has 0 aromatic heterocycles. The maximum absolute atomic E-state index is 12.3. The Morgan fingerprint density at radius 2 is 1.83 bits per heavy atom. The molecule has 0 spiro atoms. The van der Waals surface area contributed by atoms with Gasteiger partial charge in [0.25, 0.3) is 11.6 Å². The molecular formula is C22H15BrN2O4. The number of rotatable bonds is 5. The highest BCUT2D eigenvalue weighted by Gasteiger charge is 2.23. The van der Waals surface area contributed by atoms with E-state index in [0.29, 0.717) is 11.3 Å². The summed E-state index contributed by atoms with van der Waals surface area (Å²) in [7, 11) is 0. The third kappa shape index (κ3) is 4.05. The van der Waals surface area contributed by atoms with Crippen LogP contribution in [-0.4, -0.2) is 10.8 Å². The molecule has 0 saturated heterocycles. The average molecular weight is 451 g/mol. The van der Waals surface area contributed by atoms with Gasteiger partial charge in [-0.3, -0.25) is 14.9 Å². The molecule has 0 bridgehead atoms. The van der Waals surface area contributed by atoms with E-state index in [2.05, 4.69) is 21.2 Å². The number of benzene rings is 3. The van der Waals surface area contributed by atoms with Gasteiger partial charge in [-0.05, 0) is 63.5 Å². The summed E-state index contributed by atoms with van der Waals surface area (Å²) in [6, 6.07) is 19.4. The van der Waals surface area contributed by atoms with Gasteiger partial charge in [-0.15, -0.1) is 0 Å². The van der Waals surface area contributed by atoms with Gasteiger partial charge in [0.05, 0.1) is 9.40 Å². The molecule has 0 atom stereocenters. The van der Waals surface area contributed by atoms with Gasteiger partial charge >= 0.3 is 0 Å². The van der Waals surface area contributed by atoms with Crippen LogP contribution in [0.3, 0.4) is 0 Å². The fourth-order valence-electron chi connectivity index (χ4n) is 3.05. The van der Waals surface area contributed by atoms with Crippen LogP contribution in [0.2, 0.25) is 0 Å². The van der Waals surface area contributed by atoms with Crippen LogP contribution < -0.4 is 10.1 Å². The zero-order valence-corrected chi connectivity index (χ0v) is 16.7. The van der Waals surface area contributed by atoms with E-state index in [-0.39, 0.29) is 18.2 Å². The highest BCUT2D eigenvalue weighted by molar-refractivity contribution is 9.10. The summed E-state index contributed by atoms with van der Waals surface area (Å²) < 4.78 is 6.56. The van der Waals surface area contributed by atoms with Crippen LogP contribution in [0, 0.1) is 10.1 Å². The number of carbonyl (C=O) groups excluding carboxylic acids is 1. The molecular weight excluding hydrogens is 436 g/mol. The van der Waals surface area contributed by atoms with Crippen molar-refractivity contribution < 1.29 is 14.5 Å². The zero-order chi connectivity index (χ0) is 20.4. The molecule has 4 rings (SSSR count). The quantitative estimate of drug-likeness (QED) is 0.319. The lowest BCUT2D eigenvalue weighted by Gasteiger charge is -2.09. The third-order valence-electron chi connectivity index (χ3n) is 4.52. The first-order chi connectivity index (χ1) is 14.0. The number of halogens is 1. The first kappa shape index (κ1) is 18.9. The number of nitro groups is 1. The molecule has 0 saturated carbocycles. The van der Waals surface area contributed by atoms with E-state index in [4.69, 9.17) is 4.74 Å². The van der Waals surface area contributed by atoms with Crippen LogP contribution in [0.5, 0.6) is 5.75 Å². The minimum Gasteiger partial charge on any atom is -0.488 e. The van der Waals surface area contributed by atoms with Crippen molar-refractivity contribution in [3.63, 3.8) is 0 Å². The topological polar surface area (TPSA) is 81.5 Å². The molecule has 6 nitrogen and oxygen atoms in total. The lowest BCUT2D eigenvalue weighted by atomic mass is 10.0. The standard InChI is InChI=1S/C22H15BrN2O4/c23-19-12-15(11-18-17-3-1-2-4-20(17)24-22(18)26)7-10-21(19)29-13-14-5-8-16(9-6-14)25(27)28/h1-12H,13H2,(H,24,26)/b18-11-. The lowest BCUT2D eigenvalue weighted by Crippen LogP contribution is -2.03. The minimum atomic E-state index is -0.433. The molecule has 0 radical (unpaired) electrons. The maximum Gasteiger partial charge on any atom is 0.269 e. The SMILES string of the molecule is O=C1Nc2ccccc2/C1=C/c1ccc(OCc2ccc([N+](=O)[O-])cc2)c(Br)c1. The molecule has 144 valence electrons. The van der Waals surface area contributed by atoms with Crippen LogP contribution in [-0.2, 0) is 11.4 Å². The monoisotopic (exact) mass is 450 g/mol. The van der Waals surface area contributed by atoms with Crippen LogP contribution in [0.15, 0.2) is 71.2 Å². The minimum absolute atomic E-state index is 0.0462. The van der Waals surface area contributed by atoms with Crippen molar-refractivity contribution in [3.05, 3.63) is 98.0 Å². The van der Waals surface area contributed by atoms with Gasteiger partial charge in [0.1, 0.15) is 12.4 Å². The highest BCUT2D eigenvalue weighted by atomic mass is 79.9. The van der Waals surface area contributed by atoms with Gasteiger partial charge < -0.3 is 10.1 Å². The maximum atomic E-state index is 12.3. The Bertz CT molecular complexity index is 1140. The number of para-hydroxylation sites is 1.